The highest BCUT2D eigenvalue weighted by Gasteiger charge is 2.70. The Hall–Kier alpha value is -2.65. The minimum Gasteiger partial charge on any atom is -0.347 e. The van der Waals surface area contributed by atoms with E-state index in [0.717, 1.165) is 51.4 Å². The molecule has 43 heavy (non-hydrogen) atoms. The minimum atomic E-state index is -0.938. The van der Waals surface area contributed by atoms with Crippen molar-refractivity contribution < 1.29 is 24.0 Å². The number of unbranched alkanes of at least 4 members (excludes halogenated alkanes) is 1. The van der Waals surface area contributed by atoms with Crippen molar-refractivity contribution in [3.8, 4) is 0 Å². The van der Waals surface area contributed by atoms with Gasteiger partial charge in [-0.2, -0.15) is 0 Å². The Kier molecular flexibility index (Phi) is 9.86. The van der Waals surface area contributed by atoms with Crippen molar-refractivity contribution in [2.75, 3.05) is 6.54 Å². The quantitative estimate of drug-likeness (QED) is 0.252. The van der Waals surface area contributed by atoms with Crippen LogP contribution in [0.1, 0.15) is 119 Å². The fourth-order valence-electron chi connectivity index (χ4n) is 7.41. The van der Waals surface area contributed by atoms with Crippen LogP contribution in [0.4, 0.5) is 4.79 Å². The lowest BCUT2D eigenvalue weighted by molar-refractivity contribution is -0.145. The van der Waals surface area contributed by atoms with Crippen LogP contribution in [0.25, 0.3) is 0 Å². The van der Waals surface area contributed by atoms with Gasteiger partial charge in [0.15, 0.2) is 0 Å². The molecule has 3 aliphatic carbocycles. The SMILES string of the molecule is CCCC[C@H](NC(=O)[C@@H]1[C@@H]2[C@H](CN1C(=O)[C@@H](NC(=O)NC1(CC)CCCCC1)C(C)(C)C)C2(C)C)C(=O)C(=O)NC1CC1. The summed E-state index contributed by atoms with van der Waals surface area (Å²) >= 11 is 0. The Morgan fingerprint density at radius 2 is 1.60 bits per heavy atom. The van der Waals surface area contributed by atoms with E-state index in [0.29, 0.717) is 19.4 Å². The lowest BCUT2D eigenvalue weighted by Gasteiger charge is -2.40. The zero-order valence-corrected chi connectivity index (χ0v) is 27.4. The number of nitrogens with one attached hydrogen (secondary N) is 4. The molecule has 0 bridgehead atoms. The number of carbonyl (C=O) groups excluding carboxylic acids is 5. The molecule has 4 rings (SSSR count). The summed E-state index contributed by atoms with van der Waals surface area (Å²) in [7, 11) is 0. The van der Waals surface area contributed by atoms with Crippen molar-refractivity contribution in [2.45, 2.75) is 149 Å². The molecule has 1 heterocycles. The van der Waals surface area contributed by atoms with Gasteiger partial charge in [0.25, 0.3) is 5.91 Å². The van der Waals surface area contributed by atoms with Gasteiger partial charge in [0.05, 0.1) is 6.04 Å². The van der Waals surface area contributed by atoms with E-state index in [-0.39, 0.29) is 40.8 Å². The van der Waals surface area contributed by atoms with Crippen molar-refractivity contribution >= 4 is 29.5 Å². The molecule has 0 radical (unpaired) electrons. The molecule has 10 heteroatoms. The van der Waals surface area contributed by atoms with Crippen molar-refractivity contribution in [1.82, 2.24) is 26.2 Å². The molecule has 5 amide bonds. The number of ketones is 1. The van der Waals surface area contributed by atoms with Crippen LogP contribution >= 0.6 is 0 Å². The average Bonchev–Trinajstić information content (AvgIpc) is 3.80. The fraction of sp³-hybridized carbons (Fsp3) is 0.848. The maximum Gasteiger partial charge on any atom is 0.315 e. The Labute approximate surface area is 257 Å². The molecule has 5 atom stereocenters. The molecule has 4 fully saturated rings. The van der Waals surface area contributed by atoms with E-state index in [1.807, 2.05) is 27.7 Å². The van der Waals surface area contributed by atoms with E-state index in [1.54, 1.807) is 4.90 Å². The molecule has 4 aliphatic rings. The van der Waals surface area contributed by atoms with Crippen LogP contribution in [0.2, 0.25) is 0 Å². The Bertz CT molecular complexity index is 1090. The van der Waals surface area contributed by atoms with Gasteiger partial charge in [-0.3, -0.25) is 19.2 Å². The number of rotatable bonds is 12. The first-order valence-electron chi connectivity index (χ1n) is 16.7. The molecular formula is C33H55N5O5. The molecular weight excluding hydrogens is 546 g/mol. The fourth-order valence-corrected chi connectivity index (χ4v) is 7.41. The lowest BCUT2D eigenvalue weighted by atomic mass is 9.80. The molecule has 0 spiro atoms. The van der Waals surface area contributed by atoms with E-state index < -0.39 is 41.1 Å². The summed E-state index contributed by atoms with van der Waals surface area (Å²) < 4.78 is 0. The standard InChI is InChI=1S/C33H55N5O5/c1-8-10-14-22(25(39)28(41)34-20-15-16-20)35-27(40)24-23-21(32(23,6)7)19-38(24)29(42)26(31(3,4)5)36-30(43)37-33(9-2)17-12-11-13-18-33/h20-24,26H,8-19H2,1-7H3,(H,34,41)(H,35,40)(H2,36,37,43)/t21-,22-,23-,24-,26+/m0/s1. The predicted octanol–water partition coefficient (Wildman–Crippen LogP) is 3.82. The van der Waals surface area contributed by atoms with Crippen LogP contribution in [-0.4, -0.2) is 70.7 Å². The van der Waals surface area contributed by atoms with Crippen molar-refractivity contribution in [3.05, 3.63) is 0 Å². The number of piperidine rings is 1. The van der Waals surface area contributed by atoms with Gasteiger partial charge in [-0.25, -0.2) is 4.79 Å². The van der Waals surface area contributed by atoms with E-state index in [9.17, 15) is 24.0 Å². The monoisotopic (exact) mass is 601 g/mol. The Morgan fingerprint density at radius 1 is 0.953 bits per heavy atom. The summed E-state index contributed by atoms with van der Waals surface area (Å²) in [6, 6.07) is -2.87. The van der Waals surface area contributed by atoms with E-state index in [4.69, 9.17) is 0 Å². The summed E-state index contributed by atoms with van der Waals surface area (Å²) in [5.74, 6) is -1.88. The third-order valence-electron chi connectivity index (χ3n) is 10.6. The summed E-state index contributed by atoms with van der Waals surface area (Å²) in [5.41, 5.74) is -0.993. The van der Waals surface area contributed by atoms with E-state index >= 15 is 0 Å². The van der Waals surface area contributed by atoms with Crippen LogP contribution in [0, 0.1) is 22.7 Å². The number of hydrogen-bond donors (Lipinski definition) is 4. The number of Topliss-reactive ketones (excluding diaryl/α,β-unsaturated/α-hetero) is 1. The summed E-state index contributed by atoms with van der Waals surface area (Å²) in [5, 5.41) is 11.8. The largest absolute Gasteiger partial charge is 0.347 e. The summed E-state index contributed by atoms with van der Waals surface area (Å²) in [6.45, 7) is 14.5. The zero-order chi connectivity index (χ0) is 31.7. The van der Waals surface area contributed by atoms with Crippen LogP contribution in [-0.2, 0) is 19.2 Å². The van der Waals surface area contributed by atoms with Gasteiger partial charge in [-0.15, -0.1) is 0 Å². The van der Waals surface area contributed by atoms with Crippen LogP contribution < -0.4 is 21.3 Å². The minimum absolute atomic E-state index is 0.0410. The molecule has 242 valence electrons. The van der Waals surface area contributed by atoms with Gasteiger partial charge in [0.2, 0.25) is 17.6 Å². The molecule has 1 saturated heterocycles. The third kappa shape index (κ3) is 7.36. The van der Waals surface area contributed by atoms with E-state index in [1.165, 1.54) is 6.42 Å². The highest BCUT2D eigenvalue weighted by Crippen LogP contribution is 2.65. The topological polar surface area (TPSA) is 137 Å². The Morgan fingerprint density at radius 3 is 2.16 bits per heavy atom. The second-order valence-corrected chi connectivity index (χ2v) is 15.3. The number of carbonyl (C=O) groups is 5. The second-order valence-electron chi connectivity index (χ2n) is 15.3. The molecule has 3 saturated carbocycles. The summed E-state index contributed by atoms with van der Waals surface area (Å²) in [4.78, 5) is 68.9. The Balaban J connectivity index is 1.51. The second kappa shape index (κ2) is 12.8. The predicted molar refractivity (Wildman–Crippen MR) is 165 cm³/mol. The third-order valence-corrected chi connectivity index (χ3v) is 10.6. The normalized spacial score (nSPS) is 26.9. The average molecular weight is 602 g/mol. The van der Waals surface area contributed by atoms with E-state index in [2.05, 4.69) is 42.0 Å². The van der Waals surface area contributed by atoms with Crippen molar-refractivity contribution in [1.29, 1.82) is 0 Å². The van der Waals surface area contributed by atoms with Gasteiger partial charge < -0.3 is 26.2 Å². The van der Waals surface area contributed by atoms with Crippen molar-refractivity contribution in [2.24, 2.45) is 22.7 Å². The van der Waals surface area contributed by atoms with Gasteiger partial charge in [-0.1, -0.05) is 80.6 Å². The molecule has 0 aromatic heterocycles. The van der Waals surface area contributed by atoms with Gasteiger partial charge in [0.1, 0.15) is 12.1 Å². The molecule has 0 aromatic rings. The lowest BCUT2D eigenvalue weighted by Crippen LogP contribution is -2.63. The molecule has 1 aliphatic heterocycles. The maximum absolute atomic E-state index is 14.3. The smallest absolute Gasteiger partial charge is 0.315 e. The van der Waals surface area contributed by atoms with Crippen LogP contribution in [0.15, 0.2) is 0 Å². The number of urea groups is 1. The van der Waals surface area contributed by atoms with Crippen LogP contribution in [0.3, 0.4) is 0 Å². The van der Waals surface area contributed by atoms with Gasteiger partial charge >= 0.3 is 6.03 Å². The first-order chi connectivity index (χ1) is 20.1. The number of fused-ring (bicyclic) bond motifs is 1. The molecule has 0 aromatic carbocycles. The molecule has 10 nitrogen and oxygen atoms in total. The maximum atomic E-state index is 14.3. The number of likely N-dealkylation sites (tertiary alicyclic amines) is 1. The number of amides is 5. The first kappa shape index (κ1) is 33.2. The summed E-state index contributed by atoms with van der Waals surface area (Å²) in [6.07, 6.45) is 9.58. The van der Waals surface area contributed by atoms with Crippen molar-refractivity contribution in [3.63, 3.8) is 0 Å². The first-order valence-corrected chi connectivity index (χ1v) is 16.7. The number of hydrogen-bond acceptors (Lipinski definition) is 5. The zero-order valence-electron chi connectivity index (χ0n) is 27.4. The van der Waals surface area contributed by atoms with Gasteiger partial charge in [-0.05, 0) is 61.2 Å². The van der Waals surface area contributed by atoms with Crippen LogP contribution in [0.5, 0.6) is 0 Å². The highest BCUT2D eigenvalue weighted by atomic mass is 16.2. The molecule has 4 N–H and O–H groups in total. The highest BCUT2D eigenvalue weighted by molar-refractivity contribution is 6.38. The number of nitrogens with zero attached hydrogens (tertiary/aromatic N) is 1. The van der Waals surface area contributed by atoms with Gasteiger partial charge in [0, 0.05) is 18.1 Å². The molecule has 0 unspecified atom stereocenters.